The van der Waals surface area contributed by atoms with Crippen molar-refractivity contribution in [1.29, 1.82) is 0 Å². The van der Waals surface area contributed by atoms with E-state index in [2.05, 4.69) is 11.8 Å². The van der Waals surface area contributed by atoms with Gasteiger partial charge in [-0.1, -0.05) is 19.1 Å². The van der Waals surface area contributed by atoms with Gasteiger partial charge in [-0.15, -0.1) is 0 Å². The van der Waals surface area contributed by atoms with Crippen LogP contribution in [0.15, 0.2) is 24.3 Å². The van der Waals surface area contributed by atoms with E-state index >= 15 is 0 Å². The average Bonchev–Trinajstić information content (AvgIpc) is 2.47. The van der Waals surface area contributed by atoms with E-state index in [1.165, 1.54) is 12.1 Å². The minimum absolute atomic E-state index is 0.186. The van der Waals surface area contributed by atoms with Gasteiger partial charge < -0.3 is 10.0 Å². The molecule has 0 saturated carbocycles. The molecule has 110 valence electrons. The maximum absolute atomic E-state index is 12.9. The zero-order valence-electron chi connectivity index (χ0n) is 11.9. The number of aliphatic carboxylic acids is 1. The topological polar surface area (TPSA) is 40.5 Å². The van der Waals surface area contributed by atoms with Crippen LogP contribution in [0.25, 0.3) is 0 Å². The summed E-state index contributed by atoms with van der Waals surface area (Å²) in [7, 11) is 0. The summed E-state index contributed by atoms with van der Waals surface area (Å²) in [6.07, 6.45) is 3.38. The van der Waals surface area contributed by atoms with Gasteiger partial charge in [-0.3, -0.25) is 4.79 Å². The fraction of sp³-hybridized carbons (Fsp3) is 0.562. The van der Waals surface area contributed by atoms with Crippen LogP contribution in [0.5, 0.6) is 0 Å². The first-order valence-corrected chi connectivity index (χ1v) is 7.31. The standard InChI is InChI=1S/C16H22FNO2/c1-2-15(11-12-3-5-14(17)6-4-12)18-9-7-13(8-10-18)16(19)20/h3-6,13,15H,2,7-11H2,1H3,(H,19,20). The number of carboxylic acid groups (broad SMARTS) is 1. The number of piperidine rings is 1. The molecule has 1 N–H and O–H groups in total. The van der Waals surface area contributed by atoms with Crippen LogP contribution in [-0.4, -0.2) is 35.1 Å². The second-order valence-electron chi connectivity index (χ2n) is 5.54. The van der Waals surface area contributed by atoms with E-state index in [1.807, 2.05) is 12.1 Å². The minimum Gasteiger partial charge on any atom is -0.481 e. The molecule has 0 radical (unpaired) electrons. The normalized spacial score (nSPS) is 18.9. The van der Waals surface area contributed by atoms with Crippen LogP contribution < -0.4 is 0 Å². The van der Waals surface area contributed by atoms with E-state index in [-0.39, 0.29) is 11.7 Å². The highest BCUT2D eigenvalue weighted by Crippen LogP contribution is 2.22. The predicted molar refractivity (Wildman–Crippen MR) is 76.1 cm³/mol. The molecule has 0 amide bonds. The van der Waals surface area contributed by atoms with Crippen molar-refractivity contribution in [1.82, 2.24) is 4.90 Å². The zero-order chi connectivity index (χ0) is 14.5. The Bertz CT molecular complexity index is 438. The van der Waals surface area contributed by atoms with Crippen LogP contribution >= 0.6 is 0 Å². The second-order valence-corrected chi connectivity index (χ2v) is 5.54. The Morgan fingerprint density at radius 3 is 2.45 bits per heavy atom. The summed E-state index contributed by atoms with van der Waals surface area (Å²) in [6.45, 7) is 3.84. The van der Waals surface area contributed by atoms with Crippen LogP contribution in [0, 0.1) is 11.7 Å². The van der Waals surface area contributed by atoms with Crippen LogP contribution in [0.3, 0.4) is 0 Å². The van der Waals surface area contributed by atoms with Crippen molar-refractivity contribution in [2.75, 3.05) is 13.1 Å². The lowest BCUT2D eigenvalue weighted by atomic mass is 9.94. The molecule has 0 aliphatic carbocycles. The molecule has 0 bridgehead atoms. The quantitative estimate of drug-likeness (QED) is 0.901. The monoisotopic (exact) mass is 279 g/mol. The highest BCUT2D eigenvalue weighted by molar-refractivity contribution is 5.70. The van der Waals surface area contributed by atoms with E-state index in [9.17, 15) is 9.18 Å². The number of halogens is 1. The summed E-state index contributed by atoms with van der Waals surface area (Å²) in [5.74, 6) is -1.06. The van der Waals surface area contributed by atoms with Crippen molar-refractivity contribution in [3.05, 3.63) is 35.6 Å². The van der Waals surface area contributed by atoms with Gasteiger partial charge in [-0.25, -0.2) is 4.39 Å². The molecule has 1 heterocycles. The highest BCUT2D eigenvalue weighted by Gasteiger charge is 2.27. The van der Waals surface area contributed by atoms with Crippen molar-refractivity contribution in [3.8, 4) is 0 Å². The Hall–Kier alpha value is -1.42. The Morgan fingerprint density at radius 2 is 1.95 bits per heavy atom. The van der Waals surface area contributed by atoms with Gasteiger partial charge in [-0.05, 0) is 56.5 Å². The summed E-state index contributed by atoms with van der Waals surface area (Å²) in [6, 6.07) is 7.08. The molecule has 1 aromatic carbocycles. The number of nitrogens with zero attached hydrogens (tertiary/aromatic N) is 1. The van der Waals surface area contributed by atoms with E-state index in [0.717, 1.165) is 44.3 Å². The van der Waals surface area contributed by atoms with Crippen LogP contribution in [0.4, 0.5) is 4.39 Å². The molecule has 1 atom stereocenters. The van der Waals surface area contributed by atoms with Crippen molar-refractivity contribution >= 4 is 5.97 Å². The first kappa shape index (κ1) is 15.0. The smallest absolute Gasteiger partial charge is 0.306 e. The average molecular weight is 279 g/mol. The molecule has 1 aromatic rings. The molecule has 2 rings (SSSR count). The van der Waals surface area contributed by atoms with Gasteiger partial charge in [0, 0.05) is 6.04 Å². The summed E-state index contributed by atoms with van der Waals surface area (Å²) in [5, 5.41) is 9.03. The van der Waals surface area contributed by atoms with E-state index in [1.54, 1.807) is 0 Å². The fourth-order valence-electron chi connectivity index (χ4n) is 2.94. The lowest BCUT2D eigenvalue weighted by molar-refractivity contribution is -0.143. The molecule has 20 heavy (non-hydrogen) atoms. The molecule has 1 saturated heterocycles. The van der Waals surface area contributed by atoms with Crippen molar-refractivity contribution in [2.45, 2.75) is 38.6 Å². The van der Waals surface area contributed by atoms with Gasteiger partial charge in [0.15, 0.2) is 0 Å². The van der Waals surface area contributed by atoms with E-state index < -0.39 is 5.97 Å². The van der Waals surface area contributed by atoms with Crippen LogP contribution in [0.1, 0.15) is 31.7 Å². The van der Waals surface area contributed by atoms with Crippen molar-refractivity contribution in [2.24, 2.45) is 5.92 Å². The number of carbonyl (C=O) groups is 1. The lowest BCUT2D eigenvalue weighted by Crippen LogP contribution is -2.43. The third kappa shape index (κ3) is 3.79. The first-order valence-electron chi connectivity index (χ1n) is 7.31. The van der Waals surface area contributed by atoms with Gasteiger partial charge in [0.2, 0.25) is 0 Å². The van der Waals surface area contributed by atoms with Gasteiger partial charge in [0.25, 0.3) is 0 Å². The third-order valence-electron chi connectivity index (χ3n) is 4.25. The molecule has 0 spiro atoms. The molecular weight excluding hydrogens is 257 g/mol. The lowest BCUT2D eigenvalue weighted by Gasteiger charge is -2.36. The molecule has 0 aromatic heterocycles. The number of hydrogen-bond donors (Lipinski definition) is 1. The van der Waals surface area contributed by atoms with Gasteiger partial charge in [-0.2, -0.15) is 0 Å². The summed E-state index contributed by atoms with van der Waals surface area (Å²) < 4.78 is 12.9. The van der Waals surface area contributed by atoms with Crippen molar-refractivity contribution < 1.29 is 14.3 Å². The Kier molecular flexibility index (Phi) is 5.12. The maximum Gasteiger partial charge on any atom is 0.306 e. The molecule has 1 aliphatic rings. The van der Waals surface area contributed by atoms with Gasteiger partial charge in [0.05, 0.1) is 5.92 Å². The summed E-state index contributed by atoms with van der Waals surface area (Å²) >= 11 is 0. The first-order chi connectivity index (χ1) is 9.60. The summed E-state index contributed by atoms with van der Waals surface area (Å²) in [5.41, 5.74) is 1.14. The zero-order valence-corrected chi connectivity index (χ0v) is 11.9. The molecular formula is C16H22FNO2. The van der Waals surface area contributed by atoms with Crippen LogP contribution in [0.2, 0.25) is 0 Å². The summed E-state index contributed by atoms with van der Waals surface area (Å²) in [4.78, 5) is 13.3. The van der Waals surface area contributed by atoms with E-state index in [0.29, 0.717) is 6.04 Å². The van der Waals surface area contributed by atoms with E-state index in [4.69, 9.17) is 5.11 Å². The molecule has 1 unspecified atom stereocenters. The molecule has 4 heteroatoms. The highest BCUT2D eigenvalue weighted by atomic mass is 19.1. The van der Waals surface area contributed by atoms with Crippen LogP contribution in [-0.2, 0) is 11.2 Å². The molecule has 3 nitrogen and oxygen atoms in total. The number of carboxylic acids is 1. The molecule has 1 fully saturated rings. The second kappa shape index (κ2) is 6.84. The largest absolute Gasteiger partial charge is 0.481 e. The Morgan fingerprint density at radius 1 is 1.35 bits per heavy atom. The number of rotatable bonds is 5. The number of benzene rings is 1. The maximum atomic E-state index is 12.9. The fourth-order valence-corrected chi connectivity index (χ4v) is 2.94. The Balaban J connectivity index is 1.92. The molecule has 1 aliphatic heterocycles. The third-order valence-corrected chi connectivity index (χ3v) is 4.25. The minimum atomic E-state index is -0.670. The Labute approximate surface area is 119 Å². The number of hydrogen-bond acceptors (Lipinski definition) is 2. The van der Waals surface area contributed by atoms with Crippen molar-refractivity contribution in [3.63, 3.8) is 0 Å². The SMILES string of the molecule is CCC(Cc1ccc(F)cc1)N1CCC(C(=O)O)CC1. The van der Waals surface area contributed by atoms with Gasteiger partial charge >= 0.3 is 5.97 Å². The predicted octanol–water partition coefficient (Wildman–Crippen LogP) is 2.94. The number of likely N-dealkylation sites (tertiary alicyclic amines) is 1. The van der Waals surface area contributed by atoms with Gasteiger partial charge in [0.1, 0.15) is 5.82 Å².